The van der Waals surface area contributed by atoms with Gasteiger partial charge in [-0.05, 0) is 202 Å². The molecule has 3 fully saturated rings. The highest BCUT2D eigenvalue weighted by Crippen LogP contribution is 2.51. The molecule has 3 aliphatic heterocycles. The molecule has 27 heteroatoms. The second kappa shape index (κ2) is 33.0. The fourth-order valence-corrected chi connectivity index (χ4v) is 16.5. The van der Waals surface area contributed by atoms with E-state index < -0.39 is 16.8 Å². The van der Waals surface area contributed by atoms with Crippen LogP contribution >= 0.6 is 34.8 Å². The van der Waals surface area contributed by atoms with Crippen LogP contribution in [0.25, 0.3) is 34.9 Å². The van der Waals surface area contributed by atoms with Crippen LogP contribution in [0.5, 0.6) is 0 Å². The zero-order valence-corrected chi connectivity index (χ0v) is 66.9. The summed E-state index contributed by atoms with van der Waals surface area (Å²) in [6, 6.07) is 28.8. The van der Waals surface area contributed by atoms with Crippen molar-refractivity contribution in [3.8, 4) is 0 Å². The normalized spacial score (nSPS) is 19.5. The van der Waals surface area contributed by atoms with E-state index in [4.69, 9.17) is 64.0 Å². The number of aliphatic hydroxyl groups is 3. The number of hydrogen-bond donors (Lipinski definition) is 3. The minimum atomic E-state index is -1.34. The fourth-order valence-electron chi connectivity index (χ4n) is 16.0. The molecule has 24 nitrogen and oxygen atoms in total. The molecule has 582 valence electrons. The number of rotatable bonds is 12. The van der Waals surface area contributed by atoms with E-state index in [2.05, 4.69) is 29.7 Å². The summed E-state index contributed by atoms with van der Waals surface area (Å²) in [5, 5.41) is 37.7. The highest BCUT2D eigenvalue weighted by Gasteiger charge is 2.44. The summed E-state index contributed by atoms with van der Waals surface area (Å²) in [5.74, 6) is 0. The van der Waals surface area contributed by atoms with Crippen LogP contribution in [-0.2, 0) is 52.2 Å². The van der Waals surface area contributed by atoms with Crippen LogP contribution in [0, 0.1) is 0 Å². The standard InChI is InChI=1S/3C28H32ClN5O3/c3*1-18(2)37-27(35)34-12-10-33(11-13-34)26-21-8-7-20(29)15-22(21)23(14-19-6-5-9-31-25(19)26)28(3,36)24-16-30-17-32(24)4/h3*5-9,14-18,26,36H,10-13H2,1-4H3/t26-,28?;26-,28+;26-,28-/m000/s1. The maximum Gasteiger partial charge on any atom is 0.410 e. The number of pyridine rings is 3. The third-order valence-corrected chi connectivity index (χ3v) is 22.1. The molecule has 3 aliphatic carbocycles. The number of carbonyl (C=O) groups excluding carboxylic acids is 3. The quantitative estimate of drug-likeness (QED) is 0.0961. The van der Waals surface area contributed by atoms with Gasteiger partial charge in [0, 0.05) is 133 Å². The van der Waals surface area contributed by atoms with Crippen LogP contribution in [0.1, 0.15) is 165 Å². The molecule has 3 N–H and O–H groups in total. The lowest BCUT2D eigenvalue weighted by atomic mass is 9.84. The fraction of sp³-hybridized carbons (Fsp3) is 0.393. The number of aryl methyl sites for hydroxylation is 3. The summed E-state index contributed by atoms with van der Waals surface area (Å²) in [6.07, 6.45) is 20.3. The molecule has 6 atom stereocenters. The molecule has 9 heterocycles. The molecule has 1 unspecified atom stereocenters. The number of fused-ring (bicyclic) bond motifs is 6. The van der Waals surface area contributed by atoms with Gasteiger partial charge in [0.2, 0.25) is 0 Å². The van der Waals surface area contributed by atoms with Crippen LogP contribution in [0.3, 0.4) is 0 Å². The third-order valence-electron chi connectivity index (χ3n) is 21.4. The number of nitrogens with zero attached hydrogens (tertiary/aromatic N) is 15. The van der Waals surface area contributed by atoms with Crippen molar-refractivity contribution >= 4 is 88.0 Å². The maximum atomic E-state index is 12.5. The highest BCUT2D eigenvalue weighted by atomic mass is 35.5. The average Bonchev–Trinajstić information content (AvgIpc) is 1.74. The Kier molecular flexibility index (Phi) is 23.6. The Bertz CT molecular complexity index is 4510. The molecule has 6 aliphatic rings. The lowest BCUT2D eigenvalue weighted by molar-refractivity contribution is 0.0506. The number of aromatic nitrogens is 9. The summed E-state index contributed by atoms with van der Waals surface area (Å²) >= 11 is 19.6. The molecule has 15 rings (SSSR count). The molecule has 0 radical (unpaired) electrons. The van der Waals surface area contributed by atoms with Crippen molar-refractivity contribution in [2.75, 3.05) is 78.5 Å². The monoisotopic (exact) mass is 1560 g/mol. The van der Waals surface area contributed by atoms with Crippen LogP contribution < -0.4 is 0 Å². The lowest BCUT2D eigenvalue weighted by Crippen LogP contribution is -2.50. The molecule has 6 aromatic heterocycles. The number of halogens is 3. The first kappa shape index (κ1) is 79.5. The van der Waals surface area contributed by atoms with Gasteiger partial charge in [0.1, 0.15) is 16.8 Å². The van der Waals surface area contributed by atoms with E-state index in [1.165, 1.54) is 0 Å². The number of amides is 3. The summed E-state index contributed by atoms with van der Waals surface area (Å²) < 4.78 is 21.7. The molecule has 111 heavy (non-hydrogen) atoms. The van der Waals surface area contributed by atoms with Gasteiger partial charge in [0.15, 0.2) is 0 Å². The Morgan fingerprint density at radius 2 is 0.658 bits per heavy atom. The Morgan fingerprint density at radius 3 is 0.883 bits per heavy atom. The second-order valence-electron chi connectivity index (χ2n) is 30.3. The van der Waals surface area contributed by atoms with Gasteiger partial charge >= 0.3 is 18.3 Å². The Hall–Kier alpha value is -9.60. The van der Waals surface area contributed by atoms with Crippen LogP contribution in [0.4, 0.5) is 14.4 Å². The zero-order chi connectivity index (χ0) is 79.0. The lowest BCUT2D eigenvalue weighted by Gasteiger charge is -2.39. The van der Waals surface area contributed by atoms with Gasteiger partial charge in [0.05, 0.1) is 108 Å². The van der Waals surface area contributed by atoms with Gasteiger partial charge in [-0.1, -0.05) is 71.2 Å². The van der Waals surface area contributed by atoms with E-state index >= 15 is 0 Å². The molecule has 3 saturated heterocycles. The van der Waals surface area contributed by atoms with E-state index in [0.717, 1.165) is 83.9 Å². The molecular weight excluding hydrogens is 1470 g/mol. The van der Waals surface area contributed by atoms with E-state index in [-0.39, 0.29) is 54.7 Å². The van der Waals surface area contributed by atoms with Crippen molar-refractivity contribution < 1.29 is 43.9 Å². The highest BCUT2D eigenvalue weighted by molar-refractivity contribution is 6.31. The van der Waals surface area contributed by atoms with Crippen molar-refractivity contribution in [1.82, 2.24) is 73.0 Å². The summed E-state index contributed by atoms with van der Waals surface area (Å²) in [7, 11) is 5.61. The predicted octanol–water partition coefficient (Wildman–Crippen LogP) is 13.4. The van der Waals surface area contributed by atoms with Crippen molar-refractivity contribution in [2.45, 2.75) is 116 Å². The van der Waals surface area contributed by atoms with Gasteiger partial charge in [0.25, 0.3) is 0 Å². The van der Waals surface area contributed by atoms with Gasteiger partial charge in [-0.2, -0.15) is 0 Å². The third kappa shape index (κ3) is 16.5. The Morgan fingerprint density at radius 1 is 0.405 bits per heavy atom. The summed E-state index contributed by atoms with van der Waals surface area (Å²) in [6.45, 7) is 23.8. The smallest absolute Gasteiger partial charge is 0.410 e. The van der Waals surface area contributed by atoms with Gasteiger partial charge < -0.3 is 57.9 Å². The predicted molar refractivity (Wildman–Crippen MR) is 429 cm³/mol. The van der Waals surface area contributed by atoms with Gasteiger partial charge in [-0.25, -0.2) is 29.3 Å². The maximum absolute atomic E-state index is 12.5. The first-order chi connectivity index (χ1) is 53.0. The van der Waals surface area contributed by atoms with Gasteiger partial charge in [-0.15, -0.1) is 0 Å². The molecule has 3 amide bonds. The van der Waals surface area contributed by atoms with E-state index in [1.807, 2.05) is 186 Å². The summed E-state index contributed by atoms with van der Waals surface area (Å²) in [5.41, 5.74) is 11.3. The second-order valence-corrected chi connectivity index (χ2v) is 31.6. The van der Waals surface area contributed by atoms with Gasteiger partial charge in [-0.3, -0.25) is 29.7 Å². The van der Waals surface area contributed by atoms with E-state index in [9.17, 15) is 29.7 Å². The number of carbonyl (C=O) groups is 3. The number of piperazine rings is 3. The van der Waals surface area contributed by atoms with Crippen LogP contribution in [-0.4, -0.2) is 203 Å². The molecule has 9 aromatic rings. The van der Waals surface area contributed by atoms with Crippen molar-refractivity contribution in [3.05, 3.63) is 246 Å². The molecule has 0 bridgehead atoms. The number of imidazole rings is 3. The Labute approximate surface area is 662 Å². The van der Waals surface area contributed by atoms with Crippen LogP contribution in [0.15, 0.2) is 147 Å². The number of hydrogen-bond acceptors (Lipinski definition) is 18. The molecule has 0 spiro atoms. The van der Waals surface area contributed by atoms with Crippen molar-refractivity contribution in [1.29, 1.82) is 0 Å². The molecular formula is C84H96Cl3N15O9. The topological polar surface area (TPSA) is 251 Å². The Balaban J connectivity index is 0.000000146. The van der Waals surface area contributed by atoms with E-state index in [0.29, 0.717) is 111 Å². The molecule has 0 saturated carbocycles. The average molecular weight is 1570 g/mol. The van der Waals surface area contributed by atoms with E-state index in [1.54, 1.807) is 91.6 Å². The largest absolute Gasteiger partial charge is 0.447 e. The SMILES string of the molecule is CC(C)OC(=O)N1CCN([C@H]2c3ccc(Cl)cc3C(C(C)(O)c3cncn3C)=Cc3cccnc32)CC1.CC(C)OC(=O)N1CCN([C@H]2c3ccc(Cl)cc3C([C@@](C)(O)c3cncn3C)=Cc3cccnc32)CC1.CC(C)OC(=O)N1CCN([C@H]2c3ccc(Cl)cc3C([C@](C)(O)c3cncn3C)=Cc3cccnc32)CC1. The van der Waals surface area contributed by atoms with Crippen LogP contribution in [0.2, 0.25) is 15.1 Å². The minimum Gasteiger partial charge on any atom is -0.447 e. The minimum absolute atomic E-state index is 0.156. The van der Waals surface area contributed by atoms with Crippen molar-refractivity contribution in [3.63, 3.8) is 0 Å². The molecule has 3 aromatic carbocycles. The zero-order valence-electron chi connectivity index (χ0n) is 64.7. The van der Waals surface area contributed by atoms with Crippen molar-refractivity contribution in [2.24, 2.45) is 21.1 Å². The first-order valence-corrected chi connectivity index (χ1v) is 38.7. The number of ether oxygens (including phenoxy) is 3. The summed E-state index contributed by atoms with van der Waals surface area (Å²) in [4.78, 5) is 76.9. The first-order valence-electron chi connectivity index (χ1n) is 37.6. The number of benzene rings is 3.